The first kappa shape index (κ1) is 11.1. The van der Waals surface area contributed by atoms with E-state index in [0.29, 0.717) is 0 Å². The fourth-order valence-corrected chi connectivity index (χ4v) is 1.28. The van der Waals surface area contributed by atoms with Crippen LogP contribution >= 0.6 is 15.9 Å². The Kier molecular flexibility index (Phi) is 3.57. The summed E-state index contributed by atoms with van der Waals surface area (Å²) in [7, 11) is 1.29. The van der Waals surface area contributed by atoms with Crippen molar-refractivity contribution < 1.29 is 18.3 Å². The topological polar surface area (TPSA) is 26.3 Å². The van der Waals surface area contributed by atoms with E-state index in [0.717, 1.165) is 12.1 Å². The molecule has 0 aliphatic carbocycles. The molecule has 0 bridgehead atoms. The van der Waals surface area contributed by atoms with Crippen LogP contribution in [0.5, 0.6) is 5.75 Å². The third-order valence-electron chi connectivity index (χ3n) is 1.65. The number of benzene rings is 1. The summed E-state index contributed by atoms with van der Waals surface area (Å²) in [4.78, 5) is 11.1. The Morgan fingerprint density at radius 1 is 1.43 bits per heavy atom. The summed E-state index contributed by atoms with van der Waals surface area (Å²) >= 11 is 2.84. The average Bonchev–Trinajstić information content (AvgIpc) is 2.16. The van der Waals surface area contributed by atoms with E-state index in [1.807, 2.05) is 0 Å². The van der Waals surface area contributed by atoms with Crippen LogP contribution in [0.1, 0.15) is 10.4 Å². The monoisotopic (exact) mass is 264 g/mol. The minimum absolute atomic E-state index is 0.0473. The van der Waals surface area contributed by atoms with Gasteiger partial charge in [0.15, 0.2) is 5.78 Å². The number of halogens is 3. The molecular formula is C9H7BrF2O2. The average molecular weight is 265 g/mol. The molecule has 0 amide bonds. The maximum absolute atomic E-state index is 13.2. The van der Waals surface area contributed by atoms with Crippen LogP contribution in [-0.2, 0) is 0 Å². The minimum Gasteiger partial charge on any atom is -0.497 e. The van der Waals surface area contributed by atoms with E-state index in [1.165, 1.54) is 7.11 Å². The van der Waals surface area contributed by atoms with E-state index in [4.69, 9.17) is 0 Å². The van der Waals surface area contributed by atoms with Crippen molar-refractivity contribution in [2.24, 2.45) is 0 Å². The van der Waals surface area contributed by atoms with Gasteiger partial charge in [-0.05, 0) is 0 Å². The number of hydrogen-bond donors (Lipinski definition) is 0. The molecule has 76 valence electrons. The summed E-state index contributed by atoms with van der Waals surface area (Å²) in [5.41, 5.74) is -0.539. The van der Waals surface area contributed by atoms with Crippen LogP contribution in [0.25, 0.3) is 0 Å². The van der Waals surface area contributed by atoms with E-state index >= 15 is 0 Å². The maximum Gasteiger partial charge on any atom is 0.179 e. The van der Waals surface area contributed by atoms with Gasteiger partial charge in [0.25, 0.3) is 0 Å². The Hall–Kier alpha value is -0.970. The predicted molar refractivity (Wildman–Crippen MR) is 51.0 cm³/mol. The zero-order valence-electron chi connectivity index (χ0n) is 7.31. The first-order valence-corrected chi connectivity index (χ1v) is 4.84. The molecule has 2 nitrogen and oxygen atoms in total. The zero-order valence-corrected chi connectivity index (χ0v) is 8.90. The van der Waals surface area contributed by atoms with Crippen molar-refractivity contribution >= 4 is 21.7 Å². The van der Waals surface area contributed by atoms with Gasteiger partial charge in [-0.2, -0.15) is 0 Å². The molecule has 0 unspecified atom stereocenters. The van der Waals surface area contributed by atoms with Gasteiger partial charge in [-0.15, -0.1) is 0 Å². The number of rotatable bonds is 3. The standard InChI is InChI=1S/C9H7BrF2O2/c1-14-5-2-6(11)9(7(12)3-5)8(13)4-10/h2-3H,4H2,1H3. The molecule has 1 aromatic carbocycles. The quantitative estimate of drug-likeness (QED) is 0.620. The lowest BCUT2D eigenvalue weighted by atomic mass is 10.1. The van der Waals surface area contributed by atoms with Gasteiger partial charge in [-0.25, -0.2) is 8.78 Å². The lowest BCUT2D eigenvalue weighted by Crippen LogP contribution is -2.07. The van der Waals surface area contributed by atoms with Crippen molar-refractivity contribution in [3.05, 3.63) is 29.3 Å². The molecule has 0 fully saturated rings. The zero-order chi connectivity index (χ0) is 10.7. The second-order valence-electron chi connectivity index (χ2n) is 2.52. The summed E-state index contributed by atoms with van der Waals surface area (Å²) in [6.45, 7) is 0. The van der Waals surface area contributed by atoms with Crippen LogP contribution in [0, 0.1) is 11.6 Å². The molecule has 0 heterocycles. The summed E-state index contributed by atoms with van der Waals surface area (Å²) in [6.07, 6.45) is 0. The second kappa shape index (κ2) is 4.50. The molecule has 0 N–H and O–H groups in total. The fraction of sp³-hybridized carbons (Fsp3) is 0.222. The van der Waals surface area contributed by atoms with Gasteiger partial charge in [0, 0.05) is 12.1 Å². The van der Waals surface area contributed by atoms with Gasteiger partial charge >= 0.3 is 0 Å². The number of hydrogen-bond acceptors (Lipinski definition) is 2. The number of ether oxygens (including phenoxy) is 1. The Morgan fingerprint density at radius 2 is 1.93 bits per heavy atom. The van der Waals surface area contributed by atoms with Gasteiger partial charge in [0.05, 0.1) is 18.0 Å². The van der Waals surface area contributed by atoms with Gasteiger partial charge in [-0.3, -0.25) is 4.79 Å². The Balaban J connectivity index is 3.25. The second-order valence-corrected chi connectivity index (χ2v) is 3.08. The van der Waals surface area contributed by atoms with Gasteiger partial charge in [0.2, 0.25) is 0 Å². The highest BCUT2D eigenvalue weighted by Crippen LogP contribution is 2.21. The molecule has 0 atom stereocenters. The third-order valence-corrected chi connectivity index (χ3v) is 2.16. The third kappa shape index (κ3) is 2.09. The van der Waals surface area contributed by atoms with Crippen LogP contribution in [0.2, 0.25) is 0 Å². The van der Waals surface area contributed by atoms with Crippen molar-refractivity contribution in [3.8, 4) is 5.75 Å². The van der Waals surface area contributed by atoms with Crippen molar-refractivity contribution in [2.75, 3.05) is 12.4 Å². The minimum atomic E-state index is -0.911. The predicted octanol–water partition coefficient (Wildman–Crippen LogP) is 2.55. The normalized spacial score (nSPS) is 10.0. The summed E-state index contributed by atoms with van der Waals surface area (Å²) < 4.78 is 31.0. The first-order valence-electron chi connectivity index (χ1n) is 3.72. The molecule has 0 radical (unpaired) electrons. The number of carbonyl (C=O) groups is 1. The van der Waals surface area contributed by atoms with Crippen LogP contribution in [-0.4, -0.2) is 18.2 Å². The van der Waals surface area contributed by atoms with Gasteiger partial charge in [-0.1, -0.05) is 15.9 Å². The molecule has 1 rings (SSSR count). The molecule has 1 aromatic rings. The van der Waals surface area contributed by atoms with Gasteiger partial charge in [0.1, 0.15) is 17.4 Å². The summed E-state index contributed by atoms with van der Waals surface area (Å²) in [5, 5.41) is -0.118. The number of ketones is 1. The molecule has 14 heavy (non-hydrogen) atoms. The lowest BCUT2D eigenvalue weighted by molar-refractivity contribution is 0.101. The number of alkyl halides is 1. The van der Waals surface area contributed by atoms with E-state index in [-0.39, 0.29) is 11.1 Å². The molecule has 0 saturated heterocycles. The number of methoxy groups -OCH3 is 1. The van der Waals surface area contributed by atoms with Crippen LogP contribution in [0.3, 0.4) is 0 Å². The van der Waals surface area contributed by atoms with E-state index < -0.39 is 23.0 Å². The molecule has 0 saturated carbocycles. The molecular weight excluding hydrogens is 258 g/mol. The van der Waals surface area contributed by atoms with Crippen LogP contribution in [0.15, 0.2) is 12.1 Å². The molecule has 5 heteroatoms. The Bertz CT molecular complexity index is 343. The lowest BCUT2D eigenvalue weighted by Gasteiger charge is -2.04. The highest BCUT2D eigenvalue weighted by atomic mass is 79.9. The fourth-order valence-electron chi connectivity index (χ4n) is 1.00. The van der Waals surface area contributed by atoms with Crippen LogP contribution in [0.4, 0.5) is 8.78 Å². The van der Waals surface area contributed by atoms with Crippen LogP contribution < -0.4 is 4.74 Å². The van der Waals surface area contributed by atoms with E-state index in [2.05, 4.69) is 20.7 Å². The highest BCUT2D eigenvalue weighted by molar-refractivity contribution is 9.09. The molecule has 0 aliphatic heterocycles. The first-order chi connectivity index (χ1) is 6.60. The molecule has 0 aliphatic rings. The largest absolute Gasteiger partial charge is 0.497 e. The van der Waals surface area contributed by atoms with Crippen molar-refractivity contribution in [1.82, 2.24) is 0 Å². The summed E-state index contributed by atoms with van der Waals surface area (Å²) in [5.74, 6) is -2.41. The van der Waals surface area contributed by atoms with E-state index in [1.54, 1.807) is 0 Å². The van der Waals surface area contributed by atoms with Crippen molar-refractivity contribution in [2.45, 2.75) is 0 Å². The SMILES string of the molecule is COc1cc(F)c(C(=O)CBr)c(F)c1. The Labute approximate surface area is 88.0 Å². The van der Waals surface area contributed by atoms with Crippen molar-refractivity contribution in [1.29, 1.82) is 0 Å². The highest BCUT2D eigenvalue weighted by Gasteiger charge is 2.17. The van der Waals surface area contributed by atoms with Crippen molar-refractivity contribution in [3.63, 3.8) is 0 Å². The number of Topliss-reactive ketones (excluding diaryl/α,β-unsaturated/α-hetero) is 1. The summed E-state index contributed by atoms with van der Waals surface area (Å²) in [6, 6.07) is 1.94. The Morgan fingerprint density at radius 3 is 2.29 bits per heavy atom. The smallest absolute Gasteiger partial charge is 0.179 e. The van der Waals surface area contributed by atoms with E-state index in [9.17, 15) is 13.6 Å². The number of carbonyl (C=O) groups excluding carboxylic acids is 1. The van der Waals surface area contributed by atoms with Gasteiger partial charge < -0.3 is 4.74 Å². The maximum atomic E-state index is 13.2. The molecule has 0 spiro atoms. The molecule has 0 aromatic heterocycles.